The van der Waals surface area contributed by atoms with Crippen molar-refractivity contribution >= 4 is 0 Å². The van der Waals surface area contributed by atoms with Gasteiger partial charge in [-0.05, 0) is 32.4 Å². The lowest BCUT2D eigenvalue weighted by molar-refractivity contribution is -0.164. The van der Waals surface area contributed by atoms with E-state index >= 15 is 0 Å². The molecule has 5 atom stereocenters. The van der Waals surface area contributed by atoms with E-state index in [0.717, 1.165) is 38.8 Å². The second kappa shape index (κ2) is 8.17. The van der Waals surface area contributed by atoms with Crippen molar-refractivity contribution in [3.05, 3.63) is 0 Å². The van der Waals surface area contributed by atoms with Gasteiger partial charge in [0.05, 0.1) is 12.2 Å². The SMILES string of the molecule is CCCCN(CCCC)[C@@H]1C[C@@H](O)[C@H](O)[C@@H](O)[C@H]1O. The van der Waals surface area contributed by atoms with E-state index in [1.807, 2.05) is 0 Å². The van der Waals surface area contributed by atoms with Crippen LogP contribution in [-0.4, -0.2) is 68.9 Å². The summed E-state index contributed by atoms with van der Waals surface area (Å²) >= 11 is 0. The first-order valence-electron chi connectivity index (χ1n) is 7.49. The Labute approximate surface area is 115 Å². The average molecular weight is 275 g/mol. The van der Waals surface area contributed by atoms with Crippen molar-refractivity contribution in [1.82, 2.24) is 4.90 Å². The lowest BCUT2D eigenvalue weighted by Crippen LogP contribution is -2.61. The molecule has 0 amide bonds. The number of unbranched alkanes of at least 4 members (excludes halogenated alkanes) is 2. The maximum atomic E-state index is 10.1. The van der Waals surface area contributed by atoms with E-state index in [1.54, 1.807) is 0 Å². The van der Waals surface area contributed by atoms with Crippen LogP contribution in [0.2, 0.25) is 0 Å². The molecule has 5 heteroatoms. The zero-order valence-corrected chi connectivity index (χ0v) is 12.1. The summed E-state index contributed by atoms with van der Waals surface area (Å²) in [5.74, 6) is 0. The highest BCUT2D eigenvalue weighted by Crippen LogP contribution is 2.25. The first-order chi connectivity index (χ1) is 9.02. The molecule has 0 spiro atoms. The van der Waals surface area contributed by atoms with Crippen molar-refractivity contribution in [3.8, 4) is 0 Å². The standard InChI is InChI=1S/C14H29NO4/c1-3-5-7-15(8-6-4-2)10-9-11(16)13(18)14(19)12(10)17/h10-14,16-19H,3-9H2,1-2H3/t10-,11-,12+,13+,14+/m1/s1. The van der Waals surface area contributed by atoms with Crippen LogP contribution in [-0.2, 0) is 0 Å². The summed E-state index contributed by atoms with van der Waals surface area (Å²) in [6.45, 7) is 5.94. The summed E-state index contributed by atoms with van der Waals surface area (Å²) in [4.78, 5) is 2.15. The van der Waals surface area contributed by atoms with Gasteiger partial charge in [-0.15, -0.1) is 0 Å². The van der Waals surface area contributed by atoms with Crippen LogP contribution in [0.25, 0.3) is 0 Å². The fourth-order valence-electron chi connectivity index (χ4n) is 2.71. The number of rotatable bonds is 7. The molecule has 114 valence electrons. The normalized spacial score (nSPS) is 35.8. The summed E-state index contributed by atoms with van der Waals surface area (Å²) in [6, 6.07) is -0.272. The molecule has 0 aliphatic heterocycles. The predicted octanol–water partition coefficient (Wildman–Crippen LogP) is 0.104. The Morgan fingerprint density at radius 1 is 0.842 bits per heavy atom. The molecule has 1 fully saturated rings. The number of aliphatic hydroxyl groups excluding tert-OH is 4. The monoisotopic (exact) mass is 275 g/mol. The first-order valence-corrected chi connectivity index (χ1v) is 7.49. The molecule has 0 heterocycles. The maximum absolute atomic E-state index is 10.1. The van der Waals surface area contributed by atoms with E-state index in [2.05, 4.69) is 18.7 Å². The third kappa shape index (κ3) is 4.39. The Morgan fingerprint density at radius 3 is 1.84 bits per heavy atom. The van der Waals surface area contributed by atoms with Crippen molar-refractivity contribution in [2.24, 2.45) is 0 Å². The van der Waals surface area contributed by atoms with E-state index in [0.29, 0.717) is 6.42 Å². The van der Waals surface area contributed by atoms with Crippen LogP contribution in [0.1, 0.15) is 46.0 Å². The minimum Gasteiger partial charge on any atom is -0.390 e. The largest absolute Gasteiger partial charge is 0.390 e. The second-order valence-corrected chi connectivity index (χ2v) is 5.59. The Kier molecular flexibility index (Phi) is 7.25. The van der Waals surface area contributed by atoms with Crippen molar-refractivity contribution in [2.45, 2.75) is 76.4 Å². The Bertz CT molecular complexity index is 244. The minimum absolute atomic E-state index is 0.272. The van der Waals surface area contributed by atoms with Crippen LogP contribution < -0.4 is 0 Å². The quantitative estimate of drug-likeness (QED) is 0.530. The van der Waals surface area contributed by atoms with Gasteiger partial charge in [-0.1, -0.05) is 26.7 Å². The van der Waals surface area contributed by atoms with E-state index < -0.39 is 24.4 Å². The molecule has 1 rings (SSSR count). The molecule has 1 aliphatic carbocycles. The highest BCUT2D eigenvalue weighted by Gasteiger charge is 2.43. The van der Waals surface area contributed by atoms with Gasteiger partial charge in [0.1, 0.15) is 12.2 Å². The molecule has 0 aromatic rings. The molecule has 19 heavy (non-hydrogen) atoms. The van der Waals surface area contributed by atoms with Gasteiger partial charge < -0.3 is 20.4 Å². The van der Waals surface area contributed by atoms with Gasteiger partial charge in [0.2, 0.25) is 0 Å². The highest BCUT2D eigenvalue weighted by atomic mass is 16.4. The van der Waals surface area contributed by atoms with Crippen LogP contribution in [0.5, 0.6) is 0 Å². The molecule has 1 saturated carbocycles. The van der Waals surface area contributed by atoms with Gasteiger partial charge in [0.15, 0.2) is 0 Å². The van der Waals surface area contributed by atoms with Gasteiger partial charge in [0.25, 0.3) is 0 Å². The molecule has 5 nitrogen and oxygen atoms in total. The number of hydrogen-bond acceptors (Lipinski definition) is 5. The zero-order valence-electron chi connectivity index (χ0n) is 12.1. The van der Waals surface area contributed by atoms with Gasteiger partial charge in [0, 0.05) is 6.04 Å². The third-order valence-electron chi connectivity index (χ3n) is 4.04. The molecule has 0 saturated heterocycles. The molecule has 4 N–H and O–H groups in total. The van der Waals surface area contributed by atoms with Crippen molar-refractivity contribution in [1.29, 1.82) is 0 Å². The van der Waals surface area contributed by atoms with Crippen molar-refractivity contribution in [2.75, 3.05) is 13.1 Å². The van der Waals surface area contributed by atoms with Gasteiger partial charge in [-0.3, -0.25) is 4.90 Å². The third-order valence-corrected chi connectivity index (χ3v) is 4.04. The number of hydrogen-bond donors (Lipinski definition) is 4. The molecule has 0 bridgehead atoms. The van der Waals surface area contributed by atoms with Crippen LogP contribution >= 0.6 is 0 Å². The van der Waals surface area contributed by atoms with Crippen LogP contribution in [0.15, 0.2) is 0 Å². The molecule has 1 aliphatic rings. The topological polar surface area (TPSA) is 84.2 Å². The van der Waals surface area contributed by atoms with Crippen molar-refractivity contribution < 1.29 is 20.4 Å². The smallest absolute Gasteiger partial charge is 0.110 e. The van der Waals surface area contributed by atoms with E-state index in [9.17, 15) is 20.4 Å². The Balaban J connectivity index is 2.69. The van der Waals surface area contributed by atoms with E-state index in [1.165, 1.54) is 0 Å². The van der Waals surface area contributed by atoms with Gasteiger partial charge in [-0.25, -0.2) is 0 Å². The van der Waals surface area contributed by atoms with Crippen LogP contribution in [0, 0.1) is 0 Å². The fourth-order valence-corrected chi connectivity index (χ4v) is 2.71. The van der Waals surface area contributed by atoms with Gasteiger partial charge >= 0.3 is 0 Å². The molecule has 0 radical (unpaired) electrons. The predicted molar refractivity (Wildman–Crippen MR) is 73.8 cm³/mol. The molecule has 0 aromatic heterocycles. The number of nitrogens with zero attached hydrogens (tertiary/aromatic N) is 1. The van der Waals surface area contributed by atoms with Crippen LogP contribution in [0.4, 0.5) is 0 Å². The lowest BCUT2D eigenvalue weighted by Gasteiger charge is -2.43. The summed E-state index contributed by atoms with van der Waals surface area (Å²) in [7, 11) is 0. The molecule has 0 unspecified atom stereocenters. The minimum atomic E-state index is -1.26. The van der Waals surface area contributed by atoms with E-state index in [4.69, 9.17) is 0 Å². The molecule has 0 aromatic carbocycles. The molecular formula is C14H29NO4. The Morgan fingerprint density at radius 2 is 1.37 bits per heavy atom. The first kappa shape index (κ1) is 16.9. The highest BCUT2D eigenvalue weighted by molar-refractivity contribution is 4.97. The lowest BCUT2D eigenvalue weighted by atomic mass is 9.84. The summed E-state index contributed by atoms with van der Waals surface area (Å²) in [6.07, 6.45) is 0.0420. The second-order valence-electron chi connectivity index (χ2n) is 5.59. The van der Waals surface area contributed by atoms with Gasteiger partial charge in [-0.2, -0.15) is 0 Å². The summed E-state index contributed by atoms with van der Waals surface area (Å²) in [5.41, 5.74) is 0. The maximum Gasteiger partial charge on any atom is 0.110 e. The van der Waals surface area contributed by atoms with Crippen molar-refractivity contribution in [3.63, 3.8) is 0 Å². The van der Waals surface area contributed by atoms with Crippen LogP contribution in [0.3, 0.4) is 0 Å². The summed E-state index contributed by atoms with van der Waals surface area (Å²) in [5, 5.41) is 39.3. The number of aliphatic hydroxyl groups is 4. The van der Waals surface area contributed by atoms with E-state index in [-0.39, 0.29) is 6.04 Å². The fraction of sp³-hybridized carbons (Fsp3) is 1.00. The molecular weight excluding hydrogens is 246 g/mol. The zero-order chi connectivity index (χ0) is 14.4. The Hall–Kier alpha value is -0.200. The summed E-state index contributed by atoms with van der Waals surface area (Å²) < 4.78 is 0. The average Bonchev–Trinajstić information content (AvgIpc) is 2.41.